The van der Waals surface area contributed by atoms with Gasteiger partial charge in [-0.2, -0.15) is 0 Å². The minimum Gasteiger partial charge on any atom is -0.388 e. The van der Waals surface area contributed by atoms with Gasteiger partial charge in [0.1, 0.15) is 6.10 Å². The predicted octanol–water partition coefficient (Wildman–Crippen LogP) is 7.24. The Labute approximate surface area is 179 Å². The molecule has 9 unspecified atom stereocenters. The number of hydrogen-bond acceptors (Lipinski definition) is 3. The fourth-order valence-electron chi connectivity index (χ4n) is 5.83. The van der Waals surface area contributed by atoms with Crippen LogP contribution in [0.1, 0.15) is 40.5 Å². The minimum absolute atomic E-state index is 0.128. The maximum absolute atomic E-state index is 14.0. The summed E-state index contributed by atoms with van der Waals surface area (Å²) >= 11 is 0. The van der Waals surface area contributed by atoms with Gasteiger partial charge < -0.3 is 9.63 Å². The normalized spacial score (nSPS) is 42.4. The molecule has 0 aliphatic heterocycles. The minimum atomic E-state index is -0.998. The first-order chi connectivity index (χ1) is 12.3. The molecule has 12 atom stereocenters. The Kier molecular flexibility index (Phi) is 7.84. The summed E-state index contributed by atoms with van der Waals surface area (Å²) in [7, 11) is 13.9. The molecule has 2 bridgehead atoms. The van der Waals surface area contributed by atoms with Crippen molar-refractivity contribution in [2.75, 3.05) is 0 Å². The lowest BCUT2D eigenvalue weighted by Crippen LogP contribution is -2.54. The van der Waals surface area contributed by atoms with E-state index >= 15 is 0 Å². The zero-order valence-corrected chi connectivity index (χ0v) is 25.5. The van der Waals surface area contributed by atoms with Crippen molar-refractivity contribution >= 4 is 78.9 Å². The molecule has 3 rings (SSSR count). The van der Waals surface area contributed by atoms with Crippen LogP contribution in [0.2, 0.25) is 0 Å². The third-order valence-electron chi connectivity index (χ3n) is 7.15. The van der Waals surface area contributed by atoms with E-state index in [1.807, 2.05) is 6.92 Å². The molecule has 0 aromatic rings. The summed E-state index contributed by atoms with van der Waals surface area (Å²) in [5.41, 5.74) is -0.974. The fourth-order valence-corrected chi connectivity index (χ4v) is 49.7. The topological polar surface area (TPSA) is 46.5 Å². The van der Waals surface area contributed by atoms with E-state index in [0.717, 1.165) is 12.0 Å². The molecule has 2 saturated carbocycles. The summed E-state index contributed by atoms with van der Waals surface area (Å²) in [6, 6.07) is 0. The van der Waals surface area contributed by atoms with Gasteiger partial charge in [-0.3, -0.25) is 4.79 Å². The molecule has 2 fully saturated rings. The molecule has 12 heteroatoms. The van der Waals surface area contributed by atoms with Crippen molar-refractivity contribution in [3.8, 4) is 0 Å². The Bertz CT molecular complexity index is 669. The number of Topliss-reactive ketones (excluding diaryl/α,β-unsaturated/α-hetero) is 1. The second-order valence-electron chi connectivity index (χ2n) is 8.43. The molecule has 3 aliphatic carbocycles. The van der Waals surface area contributed by atoms with Crippen molar-refractivity contribution in [3.63, 3.8) is 0 Å². The molecule has 0 aromatic heterocycles. The van der Waals surface area contributed by atoms with Crippen molar-refractivity contribution in [1.82, 2.24) is 0 Å². The highest BCUT2D eigenvalue weighted by Crippen LogP contribution is 3.06. The Morgan fingerprint density at radius 3 is 2.30 bits per heavy atom. The maximum atomic E-state index is 14.0. The highest BCUT2D eigenvalue weighted by molar-refractivity contribution is 9.07. The van der Waals surface area contributed by atoms with E-state index < -0.39 is 31.6 Å². The van der Waals surface area contributed by atoms with Gasteiger partial charge in [-0.05, 0) is 45.1 Å². The number of hydrogen-bond donors (Lipinski definition) is 1. The zero-order chi connectivity index (χ0) is 20.5. The predicted molar refractivity (Wildman–Crippen MR) is 143 cm³/mol. The van der Waals surface area contributed by atoms with Gasteiger partial charge in [0.05, 0.1) is 18.5 Å². The molecule has 1 N–H and O–H groups in total. The number of rotatable bonds is 5. The number of ketones is 1. The monoisotopic (exact) mass is 538 g/mol. The van der Waals surface area contributed by atoms with Crippen LogP contribution in [0, 0.1) is 22.7 Å². The third-order valence-corrected chi connectivity index (χ3v) is 47.3. The van der Waals surface area contributed by atoms with E-state index in [1.165, 1.54) is 0 Å². The first-order valence-corrected chi connectivity index (χ1v) is 24.4. The number of carbonyl (C=O) groups excluding carboxylic acids is 1. The van der Waals surface area contributed by atoms with Gasteiger partial charge in [0.2, 0.25) is 0 Å². The molecule has 0 amide bonds. The summed E-state index contributed by atoms with van der Waals surface area (Å²) in [5.74, 6) is 0.300. The summed E-state index contributed by atoms with van der Waals surface area (Å²) < 4.78 is 6.66. The van der Waals surface area contributed by atoms with Crippen molar-refractivity contribution in [3.05, 3.63) is 11.6 Å². The second kappa shape index (κ2) is 8.52. The molecule has 0 aromatic carbocycles. The van der Waals surface area contributed by atoms with E-state index in [9.17, 15) is 9.90 Å². The van der Waals surface area contributed by atoms with Gasteiger partial charge in [-0.1, -0.05) is 41.3 Å². The van der Waals surface area contributed by atoms with Crippen LogP contribution >= 0.6 is 73.1 Å². The largest absolute Gasteiger partial charge is 0.388 e. The SMILES string of the molecule is CC1=CCC2C[C@]3(O)[C@H](C)[C@@H](OP(P(P)P)P(P)P(P)P)C(=O)C13C2(C)C. The van der Waals surface area contributed by atoms with Crippen LogP contribution < -0.4 is 0 Å². The smallest absolute Gasteiger partial charge is 0.175 e. The quantitative estimate of drug-likeness (QED) is 0.297. The summed E-state index contributed by atoms with van der Waals surface area (Å²) in [4.78, 5) is 14.0. The van der Waals surface area contributed by atoms with Gasteiger partial charge in [-0.15, -0.1) is 35.7 Å². The molecule has 0 heterocycles. The van der Waals surface area contributed by atoms with E-state index in [1.54, 1.807) is 0 Å². The van der Waals surface area contributed by atoms with Crippen molar-refractivity contribution in [2.24, 2.45) is 22.7 Å². The molecule has 1 spiro atoms. The molecule has 3 aliphatic rings. The standard InChI is InChI=1S/C15H31O3P9/c1-8-5-6-10-7-14(17)9(2)11(12(16)15(8,14)13(10,3)4)18-24(25(19)20)27(23)26(21)22/h5,9-11,17H,6-7,19-23H2,1-4H3/t9-,10?,11-,14+,15?,24?,27?/m1/s1. The average Bonchev–Trinajstić information content (AvgIpc) is 2.76. The lowest BCUT2D eigenvalue weighted by Gasteiger charge is -2.48. The maximum Gasteiger partial charge on any atom is 0.175 e. The molecule has 0 radical (unpaired) electrons. The number of fused-ring (bicyclic) bond motifs is 1. The number of aliphatic hydroxyl groups is 1. The molecular weight excluding hydrogens is 507 g/mol. The van der Waals surface area contributed by atoms with Crippen LogP contribution in [0.4, 0.5) is 0 Å². The lowest BCUT2D eigenvalue weighted by molar-refractivity contribution is -0.141. The highest BCUT2D eigenvalue weighted by atomic mass is 33.1. The van der Waals surface area contributed by atoms with Crippen molar-refractivity contribution < 1.29 is 14.4 Å². The zero-order valence-electron chi connectivity index (χ0n) is 16.2. The Morgan fingerprint density at radius 1 is 1.19 bits per heavy atom. The van der Waals surface area contributed by atoms with Crippen LogP contribution in [0.3, 0.4) is 0 Å². The van der Waals surface area contributed by atoms with Crippen LogP contribution in [-0.4, -0.2) is 22.6 Å². The first kappa shape index (κ1) is 24.8. The van der Waals surface area contributed by atoms with Gasteiger partial charge in [0.25, 0.3) is 0 Å². The first-order valence-electron chi connectivity index (χ1n) is 8.88. The van der Waals surface area contributed by atoms with Gasteiger partial charge in [-0.25, -0.2) is 0 Å². The number of carbonyl (C=O) groups is 1. The molecule has 3 nitrogen and oxygen atoms in total. The van der Waals surface area contributed by atoms with Crippen molar-refractivity contribution in [1.29, 1.82) is 0 Å². The Morgan fingerprint density at radius 2 is 1.78 bits per heavy atom. The van der Waals surface area contributed by atoms with E-state index in [2.05, 4.69) is 71.5 Å². The van der Waals surface area contributed by atoms with E-state index in [4.69, 9.17) is 4.52 Å². The molecule has 27 heavy (non-hydrogen) atoms. The van der Waals surface area contributed by atoms with Crippen LogP contribution in [0.5, 0.6) is 0 Å². The van der Waals surface area contributed by atoms with Crippen molar-refractivity contribution in [2.45, 2.75) is 52.2 Å². The highest BCUT2D eigenvalue weighted by Gasteiger charge is 2.80. The van der Waals surface area contributed by atoms with E-state index in [-0.39, 0.29) is 31.1 Å². The van der Waals surface area contributed by atoms with Crippen LogP contribution in [-0.2, 0) is 9.32 Å². The molecule has 154 valence electrons. The Hall–Kier alpha value is 3.20. The fraction of sp³-hybridized carbons (Fsp3) is 0.800. The summed E-state index contributed by atoms with van der Waals surface area (Å²) in [5, 5.41) is 12.0. The van der Waals surface area contributed by atoms with Gasteiger partial charge in [0, 0.05) is 12.9 Å². The average molecular weight is 538 g/mol. The Balaban J connectivity index is 2.04. The summed E-state index contributed by atoms with van der Waals surface area (Å²) in [6.45, 7) is 7.35. The molecular formula is C15H31O3P9. The summed E-state index contributed by atoms with van der Waals surface area (Å²) in [6.07, 6.45) is 3.36. The third kappa shape index (κ3) is 3.44. The molecule has 0 saturated heterocycles. The number of allylic oxidation sites excluding steroid dienone is 1. The van der Waals surface area contributed by atoms with Crippen LogP contribution in [0.15, 0.2) is 11.6 Å². The second-order valence-corrected chi connectivity index (χ2v) is 40.4. The van der Waals surface area contributed by atoms with Crippen LogP contribution in [0.25, 0.3) is 0 Å². The van der Waals surface area contributed by atoms with Gasteiger partial charge in [0.15, 0.2) is 5.78 Å². The van der Waals surface area contributed by atoms with E-state index in [0.29, 0.717) is 12.3 Å². The van der Waals surface area contributed by atoms with Gasteiger partial charge >= 0.3 is 0 Å². The lowest BCUT2D eigenvalue weighted by atomic mass is 9.54.